The molecule has 0 bridgehead atoms. The maximum Gasteiger partial charge on any atom is 0.331 e. The van der Waals surface area contributed by atoms with E-state index < -0.39 is 0 Å². The lowest BCUT2D eigenvalue weighted by atomic mass is 10.3. The Labute approximate surface area is 113 Å². The van der Waals surface area contributed by atoms with Crippen LogP contribution in [0.3, 0.4) is 0 Å². The molecule has 0 aliphatic heterocycles. The summed E-state index contributed by atoms with van der Waals surface area (Å²) in [5.74, 6) is 0. The first-order chi connectivity index (χ1) is 8.66. The quantitative estimate of drug-likeness (QED) is 0.725. The topological polar surface area (TPSA) is 37.8 Å². The second-order valence-electron chi connectivity index (χ2n) is 3.88. The minimum absolute atomic E-state index is 0.213. The van der Waals surface area contributed by atoms with Crippen LogP contribution in [0, 0.1) is 0 Å². The summed E-state index contributed by atoms with van der Waals surface area (Å²) in [5.41, 5.74) is 1.94. The summed E-state index contributed by atoms with van der Waals surface area (Å²) in [7, 11) is 0. The van der Waals surface area contributed by atoms with E-state index in [0.717, 1.165) is 5.69 Å². The van der Waals surface area contributed by atoms with Gasteiger partial charge >= 0.3 is 5.69 Å². The number of nitrogens with zero attached hydrogens (tertiary/aromatic N) is 1. The number of para-hydroxylation sites is 1. The van der Waals surface area contributed by atoms with Crippen LogP contribution in [-0.2, 0) is 0 Å². The number of hydrogen-bond donors (Lipinski definition) is 1. The van der Waals surface area contributed by atoms with Crippen molar-refractivity contribution >= 4 is 34.2 Å². The van der Waals surface area contributed by atoms with Crippen LogP contribution in [0.25, 0.3) is 16.7 Å². The van der Waals surface area contributed by atoms with Gasteiger partial charge in [0, 0.05) is 0 Å². The summed E-state index contributed by atoms with van der Waals surface area (Å²) in [6.45, 7) is 0. The Morgan fingerprint density at radius 1 is 1.00 bits per heavy atom. The summed E-state index contributed by atoms with van der Waals surface area (Å²) >= 11 is 11.9. The first kappa shape index (κ1) is 11.4. The largest absolute Gasteiger partial charge is 0.331 e. The molecule has 0 fully saturated rings. The van der Waals surface area contributed by atoms with Crippen molar-refractivity contribution in [3.05, 3.63) is 63.0 Å². The van der Waals surface area contributed by atoms with E-state index in [0.29, 0.717) is 21.1 Å². The number of benzene rings is 2. The maximum absolute atomic E-state index is 12.0. The summed E-state index contributed by atoms with van der Waals surface area (Å²) in [5, 5.41) is 0.846. The highest BCUT2D eigenvalue weighted by Gasteiger charge is 2.10. The van der Waals surface area contributed by atoms with E-state index in [1.807, 2.05) is 30.3 Å². The van der Waals surface area contributed by atoms with Crippen LogP contribution >= 0.6 is 23.2 Å². The van der Waals surface area contributed by atoms with Gasteiger partial charge in [0.25, 0.3) is 0 Å². The number of imidazole rings is 1. The van der Waals surface area contributed by atoms with Crippen molar-refractivity contribution < 1.29 is 0 Å². The molecule has 1 aromatic heterocycles. The molecule has 0 atom stereocenters. The smallest absolute Gasteiger partial charge is 0.305 e. The molecule has 0 saturated heterocycles. The monoisotopic (exact) mass is 278 g/mol. The third-order valence-electron chi connectivity index (χ3n) is 2.74. The number of fused-ring (bicyclic) bond motifs is 1. The average Bonchev–Trinajstić information content (AvgIpc) is 2.66. The number of nitrogens with one attached hydrogen (secondary N) is 1. The SMILES string of the molecule is O=c1[nH]c2cc(Cl)c(Cl)cc2n1-c1ccccc1. The second kappa shape index (κ2) is 4.19. The van der Waals surface area contributed by atoms with Gasteiger partial charge in [0.15, 0.2) is 0 Å². The van der Waals surface area contributed by atoms with Gasteiger partial charge in [0.05, 0.1) is 26.8 Å². The zero-order valence-electron chi connectivity index (χ0n) is 9.15. The highest BCUT2D eigenvalue weighted by molar-refractivity contribution is 6.42. The van der Waals surface area contributed by atoms with Crippen LogP contribution in [0.5, 0.6) is 0 Å². The predicted molar refractivity (Wildman–Crippen MR) is 73.9 cm³/mol. The number of aromatic nitrogens is 2. The van der Waals surface area contributed by atoms with Crippen molar-refractivity contribution in [3.63, 3.8) is 0 Å². The maximum atomic E-state index is 12.0. The van der Waals surface area contributed by atoms with Gasteiger partial charge < -0.3 is 4.98 Å². The summed E-state index contributed by atoms with van der Waals surface area (Å²) in [6.07, 6.45) is 0. The van der Waals surface area contributed by atoms with Gasteiger partial charge in [-0.3, -0.25) is 4.57 Å². The summed E-state index contributed by atoms with van der Waals surface area (Å²) in [6, 6.07) is 12.7. The molecular formula is C13H8Cl2N2O. The third-order valence-corrected chi connectivity index (χ3v) is 3.46. The van der Waals surface area contributed by atoms with E-state index in [1.54, 1.807) is 16.7 Å². The van der Waals surface area contributed by atoms with Gasteiger partial charge in [-0.2, -0.15) is 0 Å². The van der Waals surface area contributed by atoms with E-state index in [1.165, 1.54) is 0 Å². The molecule has 0 radical (unpaired) electrons. The van der Waals surface area contributed by atoms with Crippen molar-refractivity contribution in [1.29, 1.82) is 0 Å². The molecule has 0 spiro atoms. The molecule has 18 heavy (non-hydrogen) atoms. The van der Waals surface area contributed by atoms with Crippen molar-refractivity contribution in [1.82, 2.24) is 9.55 Å². The number of H-pyrrole nitrogens is 1. The molecule has 0 amide bonds. The highest BCUT2D eigenvalue weighted by Crippen LogP contribution is 2.27. The van der Waals surface area contributed by atoms with E-state index in [2.05, 4.69) is 4.98 Å². The molecular weight excluding hydrogens is 271 g/mol. The molecule has 3 rings (SSSR count). The van der Waals surface area contributed by atoms with Crippen molar-refractivity contribution in [3.8, 4) is 5.69 Å². The van der Waals surface area contributed by atoms with Crippen LogP contribution < -0.4 is 5.69 Å². The molecule has 0 aliphatic carbocycles. The number of aromatic amines is 1. The minimum atomic E-state index is -0.213. The lowest BCUT2D eigenvalue weighted by Crippen LogP contribution is -2.14. The van der Waals surface area contributed by atoms with Gasteiger partial charge in [-0.15, -0.1) is 0 Å². The van der Waals surface area contributed by atoms with E-state index in [4.69, 9.17) is 23.2 Å². The fourth-order valence-electron chi connectivity index (χ4n) is 1.94. The van der Waals surface area contributed by atoms with Crippen LogP contribution in [-0.4, -0.2) is 9.55 Å². The molecule has 1 heterocycles. The Balaban J connectivity index is 2.40. The Hall–Kier alpha value is -1.71. The normalized spacial score (nSPS) is 11.0. The Bertz CT molecular complexity index is 775. The fraction of sp³-hybridized carbons (Fsp3) is 0. The lowest BCUT2D eigenvalue weighted by Gasteiger charge is -2.03. The Kier molecular flexibility index (Phi) is 2.65. The number of hydrogen-bond acceptors (Lipinski definition) is 1. The molecule has 5 heteroatoms. The molecule has 1 N–H and O–H groups in total. The molecule has 90 valence electrons. The van der Waals surface area contributed by atoms with Gasteiger partial charge in [0.1, 0.15) is 0 Å². The first-order valence-corrected chi connectivity index (χ1v) is 6.07. The van der Waals surface area contributed by atoms with Crippen LogP contribution in [0.2, 0.25) is 10.0 Å². The summed E-state index contributed by atoms with van der Waals surface area (Å²) < 4.78 is 1.57. The van der Waals surface area contributed by atoms with E-state index >= 15 is 0 Å². The highest BCUT2D eigenvalue weighted by atomic mass is 35.5. The number of rotatable bonds is 1. The predicted octanol–water partition coefficient (Wildman–Crippen LogP) is 3.63. The van der Waals surface area contributed by atoms with Gasteiger partial charge in [-0.25, -0.2) is 4.79 Å². The molecule has 0 saturated carbocycles. The minimum Gasteiger partial charge on any atom is -0.305 e. The zero-order chi connectivity index (χ0) is 12.7. The van der Waals surface area contributed by atoms with Gasteiger partial charge in [-0.1, -0.05) is 41.4 Å². The van der Waals surface area contributed by atoms with Crippen LogP contribution in [0.15, 0.2) is 47.3 Å². The van der Waals surface area contributed by atoms with Gasteiger partial charge in [0.2, 0.25) is 0 Å². The van der Waals surface area contributed by atoms with E-state index in [-0.39, 0.29) is 5.69 Å². The molecule has 3 aromatic rings. The third kappa shape index (κ3) is 1.72. The Morgan fingerprint density at radius 3 is 2.39 bits per heavy atom. The van der Waals surface area contributed by atoms with Crippen molar-refractivity contribution in [2.45, 2.75) is 0 Å². The standard InChI is InChI=1S/C13H8Cl2N2O/c14-9-6-11-12(7-10(9)15)17(13(18)16-11)8-4-2-1-3-5-8/h1-7H,(H,16,18). The summed E-state index contributed by atoms with van der Waals surface area (Å²) in [4.78, 5) is 14.7. The number of halogens is 2. The van der Waals surface area contributed by atoms with E-state index in [9.17, 15) is 4.79 Å². The lowest BCUT2D eigenvalue weighted by molar-refractivity contribution is 1.02. The first-order valence-electron chi connectivity index (χ1n) is 5.32. The molecule has 0 unspecified atom stereocenters. The fourth-order valence-corrected chi connectivity index (χ4v) is 2.26. The van der Waals surface area contributed by atoms with Crippen LogP contribution in [0.4, 0.5) is 0 Å². The van der Waals surface area contributed by atoms with Crippen molar-refractivity contribution in [2.75, 3.05) is 0 Å². The van der Waals surface area contributed by atoms with Crippen molar-refractivity contribution in [2.24, 2.45) is 0 Å². The van der Waals surface area contributed by atoms with Gasteiger partial charge in [-0.05, 0) is 24.3 Å². The Morgan fingerprint density at radius 2 is 1.67 bits per heavy atom. The molecule has 3 nitrogen and oxygen atoms in total. The zero-order valence-corrected chi connectivity index (χ0v) is 10.7. The second-order valence-corrected chi connectivity index (χ2v) is 4.70. The van der Waals surface area contributed by atoms with Crippen LogP contribution in [0.1, 0.15) is 0 Å². The average molecular weight is 279 g/mol. The molecule has 2 aromatic carbocycles. The molecule has 0 aliphatic rings.